The normalized spacial score (nSPS) is 11.5. The summed E-state index contributed by atoms with van der Waals surface area (Å²) in [6.45, 7) is 22.9. The van der Waals surface area contributed by atoms with Crippen LogP contribution in [0, 0.1) is 23.7 Å². The lowest BCUT2D eigenvalue weighted by Crippen LogP contribution is -2.15. The van der Waals surface area contributed by atoms with Crippen LogP contribution in [0.1, 0.15) is 23.9 Å². The first kappa shape index (κ1) is 60.6. The van der Waals surface area contributed by atoms with Gasteiger partial charge in [0.15, 0.2) is 23.1 Å². The lowest BCUT2D eigenvalue weighted by atomic mass is 9.99. The SMILES string of the molecule is C=C(C#CC(=C)/C=C\C(=C)C(=C)/C(=C\C)c1nnc(-c2ccc(-c3cccc(-c4nnc(-c5ccccc5)n4-c4ccc(C#Cc5ccc(N6c7ccccc7Oc7ccccc76)cc5)cc4)c3)cc2)o1)/C=C\C(=C)Nc1ccc(N(c2ccccc2)c2ccccc2)cc1. The Bertz CT molecular complexity index is 5010. The molecule has 0 saturated heterocycles. The van der Waals surface area contributed by atoms with Crippen molar-refractivity contribution in [2.75, 3.05) is 15.1 Å². The highest BCUT2D eigenvalue weighted by Gasteiger charge is 2.26. The molecule has 12 aromatic rings. The second kappa shape index (κ2) is 27.9. The quantitative estimate of drug-likeness (QED) is 0.0665. The average Bonchev–Trinajstić information content (AvgIpc) is 1.71. The Kier molecular flexibility index (Phi) is 17.8. The van der Waals surface area contributed by atoms with Crippen LogP contribution in [0.25, 0.3) is 56.6 Å². The largest absolute Gasteiger partial charge is 0.453 e. The van der Waals surface area contributed by atoms with E-state index in [0.717, 1.165) is 102 Å². The molecule has 10 aromatic carbocycles. The predicted molar refractivity (Wildman–Crippen MR) is 388 cm³/mol. The van der Waals surface area contributed by atoms with E-state index in [4.69, 9.17) is 19.4 Å². The molecule has 0 saturated carbocycles. The molecular formula is C85H62N8O2. The summed E-state index contributed by atoms with van der Waals surface area (Å²) >= 11 is 0. The molecule has 0 fully saturated rings. The molecule has 1 aliphatic rings. The number of benzene rings is 10. The third-order valence-corrected chi connectivity index (χ3v) is 15.8. The van der Waals surface area contributed by atoms with E-state index in [1.54, 1.807) is 6.08 Å². The lowest BCUT2D eigenvalue weighted by Gasteiger charge is -2.32. The van der Waals surface area contributed by atoms with E-state index in [1.165, 1.54) is 0 Å². The van der Waals surface area contributed by atoms with Crippen LogP contribution in [-0.4, -0.2) is 25.0 Å². The monoisotopic (exact) mass is 1230 g/mol. The molecule has 1 aliphatic heterocycles. The molecule has 0 spiro atoms. The van der Waals surface area contributed by atoms with Gasteiger partial charge in [0.1, 0.15) is 0 Å². The number of hydrogen-bond acceptors (Lipinski definition) is 9. The van der Waals surface area contributed by atoms with Crippen LogP contribution in [-0.2, 0) is 0 Å². The van der Waals surface area contributed by atoms with Crippen molar-refractivity contribution >= 4 is 45.4 Å². The molecule has 0 amide bonds. The van der Waals surface area contributed by atoms with E-state index in [9.17, 15) is 0 Å². The fraction of sp³-hybridized carbons (Fsp3) is 0.0118. The van der Waals surface area contributed by atoms with Gasteiger partial charge < -0.3 is 24.3 Å². The molecule has 95 heavy (non-hydrogen) atoms. The van der Waals surface area contributed by atoms with Gasteiger partial charge in [-0.1, -0.05) is 190 Å². The van der Waals surface area contributed by atoms with Crippen molar-refractivity contribution in [1.82, 2.24) is 25.0 Å². The van der Waals surface area contributed by atoms with E-state index < -0.39 is 0 Å². The Balaban J connectivity index is 0.633. The molecule has 454 valence electrons. The lowest BCUT2D eigenvalue weighted by molar-refractivity contribution is 0.477. The van der Waals surface area contributed by atoms with Crippen LogP contribution < -0.4 is 19.9 Å². The maximum atomic E-state index is 6.28. The van der Waals surface area contributed by atoms with Gasteiger partial charge >= 0.3 is 0 Å². The average molecular weight is 1230 g/mol. The number of hydrogen-bond donors (Lipinski definition) is 1. The fourth-order valence-electron chi connectivity index (χ4n) is 11.0. The van der Waals surface area contributed by atoms with E-state index in [1.807, 2.05) is 189 Å². The molecule has 0 aliphatic carbocycles. The van der Waals surface area contributed by atoms with Crippen molar-refractivity contribution in [3.05, 3.63) is 369 Å². The fourth-order valence-corrected chi connectivity index (χ4v) is 11.0. The van der Waals surface area contributed by atoms with Gasteiger partial charge in [0.2, 0.25) is 11.8 Å². The van der Waals surface area contributed by atoms with Crippen LogP contribution >= 0.6 is 0 Å². The Morgan fingerprint density at radius 3 is 1.56 bits per heavy atom. The van der Waals surface area contributed by atoms with E-state index in [-0.39, 0.29) is 0 Å². The molecule has 3 heterocycles. The third kappa shape index (κ3) is 13.8. The van der Waals surface area contributed by atoms with E-state index >= 15 is 0 Å². The minimum absolute atomic E-state index is 0.318. The molecular weight excluding hydrogens is 1160 g/mol. The first-order chi connectivity index (χ1) is 46.6. The highest BCUT2D eigenvalue weighted by Crippen LogP contribution is 2.50. The van der Waals surface area contributed by atoms with Crippen LogP contribution in [0.4, 0.5) is 39.8 Å². The zero-order valence-corrected chi connectivity index (χ0v) is 52.2. The molecule has 0 atom stereocenters. The minimum atomic E-state index is 0.318. The number of anilines is 7. The second-order valence-corrected chi connectivity index (χ2v) is 22.2. The molecule has 13 rings (SSSR count). The first-order valence-corrected chi connectivity index (χ1v) is 30.8. The second-order valence-electron chi connectivity index (χ2n) is 22.2. The number of ether oxygens (including phenoxy) is 1. The summed E-state index contributed by atoms with van der Waals surface area (Å²) < 4.78 is 14.6. The van der Waals surface area contributed by atoms with Gasteiger partial charge in [-0.25, -0.2) is 0 Å². The molecule has 10 nitrogen and oxygen atoms in total. The van der Waals surface area contributed by atoms with Crippen molar-refractivity contribution in [3.8, 4) is 86.2 Å². The Morgan fingerprint density at radius 1 is 0.453 bits per heavy atom. The van der Waals surface area contributed by atoms with Crippen LogP contribution in [0.2, 0.25) is 0 Å². The summed E-state index contributed by atoms with van der Waals surface area (Å²) in [5.41, 5.74) is 18.1. The summed E-state index contributed by atoms with van der Waals surface area (Å²) in [6, 6.07) is 87.9. The molecule has 1 N–H and O–H groups in total. The number of para-hydroxylation sites is 6. The first-order valence-electron chi connectivity index (χ1n) is 30.8. The van der Waals surface area contributed by atoms with Gasteiger partial charge in [0.25, 0.3) is 0 Å². The molecule has 0 radical (unpaired) electrons. The Hall–Kier alpha value is -13.3. The number of fused-ring (bicyclic) bond motifs is 2. The number of nitrogens with one attached hydrogen (secondary N) is 1. The number of nitrogens with zero attached hydrogens (tertiary/aromatic N) is 7. The minimum Gasteiger partial charge on any atom is -0.453 e. The number of aromatic nitrogens is 5. The van der Waals surface area contributed by atoms with E-state index in [2.05, 4.69) is 190 Å². The molecule has 2 aromatic heterocycles. The van der Waals surface area contributed by atoms with Gasteiger partial charge in [-0.3, -0.25) is 4.57 Å². The predicted octanol–water partition coefficient (Wildman–Crippen LogP) is 21.1. The summed E-state index contributed by atoms with van der Waals surface area (Å²) in [5, 5.41) is 21.8. The molecule has 10 heteroatoms. The van der Waals surface area contributed by atoms with Crippen LogP contribution in [0.5, 0.6) is 11.5 Å². The Morgan fingerprint density at radius 2 is 0.958 bits per heavy atom. The standard InChI is InChI=1S/C85H62N8O2/c1-7-77(63(6)61(4)38-36-59(2)34-35-60(3)37-39-62(5)86-71-50-56-74(57-51-71)91(72-26-13-9-14-27-72)73-28-15-10-16-29-73)85-90-89-84(95-85)68-48-46-66(47-49-68)69-24-21-25-70(58-69)83-88-87-82(67-22-11-8-12-23-67)93(83)76-54-44-65(45-55-76)41-40-64-42-52-75(53-43-64)92-78-30-17-19-32-80(78)94-81-33-20-18-31-79(81)92/h7-33,36-39,42-58,86H,2-6H2,1H3/b38-36-,39-37-,77-7+. The summed E-state index contributed by atoms with van der Waals surface area (Å²) in [5.74, 6) is 16.6. The zero-order valence-electron chi connectivity index (χ0n) is 52.2. The summed E-state index contributed by atoms with van der Waals surface area (Å²) in [4.78, 5) is 4.43. The smallest absolute Gasteiger partial charge is 0.248 e. The highest BCUT2D eigenvalue weighted by molar-refractivity contribution is 5.87. The van der Waals surface area contributed by atoms with Crippen molar-refractivity contribution < 1.29 is 9.15 Å². The third-order valence-electron chi connectivity index (χ3n) is 15.8. The molecule has 0 unspecified atom stereocenters. The maximum Gasteiger partial charge on any atom is 0.248 e. The van der Waals surface area contributed by atoms with Crippen molar-refractivity contribution in [2.24, 2.45) is 0 Å². The van der Waals surface area contributed by atoms with Gasteiger partial charge in [-0.2, -0.15) is 0 Å². The van der Waals surface area contributed by atoms with Crippen LogP contribution in [0.15, 0.2) is 357 Å². The van der Waals surface area contributed by atoms with Crippen molar-refractivity contribution in [2.45, 2.75) is 6.92 Å². The van der Waals surface area contributed by atoms with Gasteiger partial charge in [0, 0.05) is 84.4 Å². The topological polar surface area (TPSA) is 97.4 Å². The zero-order chi connectivity index (χ0) is 65.0. The summed E-state index contributed by atoms with van der Waals surface area (Å²) in [6.07, 6.45) is 9.14. The van der Waals surface area contributed by atoms with Gasteiger partial charge in [-0.05, 0) is 187 Å². The van der Waals surface area contributed by atoms with Gasteiger partial charge in [0.05, 0.1) is 11.4 Å². The summed E-state index contributed by atoms with van der Waals surface area (Å²) in [7, 11) is 0. The Labute approximate surface area is 553 Å². The molecule has 0 bridgehead atoms. The van der Waals surface area contributed by atoms with Crippen molar-refractivity contribution in [3.63, 3.8) is 0 Å². The van der Waals surface area contributed by atoms with Crippen LogP contribution in [0.3, 0.4) is 0 Å². The van der Waals surface area contributed by atoms with Gasteiger partial charge in [-0.15, -0.1) is 20.4 Å². The van der Waals surface area contributed by atoms with Crippen molar-refractivity contribution in [1.29, 1.82) is 0 Å². The maximum absolute atomic E-state index is 6.28. The highest BCUT2D eigenvalue weighted by atomic mass is 16.5. The number of allylic oxidation sites excluding steroid dienone is 10. The van der Waals surface area contributed by atoms with E-state index in [0.29, 0.717) is 51.2 Å². The number of rotatable bonds is 18.